The van der Waals surface area contributed by atoms with E-state index in [4.69, 9.17) is 4.84 Å². The lowest BCUT2D eigenvalue weighted by Crippen LogP contribution is -2.26. The van der Waals surface area contributed by atoms with Crippen LogP contribution >= 0.6 is 11.3 Å². The van der Waals surface area contributed by atoms with Crippen molar-refractivity contribution in [1.82, 2.24) is 5.06 Å². The first-order valence-electron chi connectivity index (χ1n) is 4.82. The van der Waals surface area contributed by atoms with Crippen LogP contribution in [0, 0.1) is 0 Å². The Morgan fingerprint density at radius 3 is 3.21 bits per heavy atom. The summed E-state index contributed by atoms with van der Waals surface area (Å²) in [4.78, 5) is 18.0. The van der Waals surface area contributed by atoms with Crippen molar-refractivity contribution in [3.05, 3.63) is 22.4 Å². The molecule has 4 heteroatoms. The van der Waals surface area contributed by atoms with Crippen molar-refractivity contribution in [2.75, 3.05) is 13.2 Å². The Morgan fingerprint density at radius 1 is 1.64 bits per heavy atom. The molecular formula is C10H13NO2S. The van der Waals surface area contributed by atoms with Crippen LogP contribution in [-0.4, -0.2) is 24.1 Å². The molecule has 0 atom stereocenters. The molecule has 0 aromatic carbocycles. The highest BCUT2D eigenvalue weighted by atomic mass is 32.1. The predicted octanol–water partition coefficient (Wildman–Crippen LogP) is 1.84. The Balaban J connectivity index is 1.77. The first-order chi connectivity index (χ1) is 6.86. The topological polar surface area (TPSA) is 29.5 Å². The van der Waals surface area contributed by atoms with Crippen molar-refractivity contribution in [1.29, 1.82) is 0 Å². The zero-order valence-corrected chi connectivity index (χ0v) is 8.76. The number of hydrogen-bond acceptors (Lipinski definition) is 3. The highest BCUT2D eigenvalue weighted by molar-refractivity contribution is 7.09. The molecule has 1 aliphatic heterocycles. The molecule has 0 aliphatic carbocycles. The van der Waals surface area contributed by atoms with Gasteiger partial charge in [0, 0.05) is 11.3 Å². The van der Waals surface area contributed by atoms with Gasteiger partial charge in [-0.05, 0) is 24.3 Å². The van der Waals surface area contributed by atoms with Crippen LogP contribution in [-0.2, 0) is 16.1 Å². The number of hydrogen-bond donors (Lipinski definition) is 0. The summed E-state index contributed by atoms with van der Waals surface area (Å²) >= 11 is 1.70. The Hall–Kier alpha value is -0.870. The quantitative estimate of drug-likeness (QED) is 0.763. The van der Waals surface area contributed by atoms with Crippen LogP contribution in [0.25, 0.3) is 0 Å². The number of nitrogens with zero attached hydrogens (tertiary/aromatic N) is 1. The van der Waals surface area contributed by atoms with Crippen LogP contribution in [0.15, 0.2) is 17.5 Å². The second-order valence-corrected chi connectivity index (χ2v) is 4.29. The average molecular weight is 211 g/mol. The maximum Gasteiger partial charge on any atom is 0.246 e. The predicted molar refractivity (Wildman–Crippen MR) is 54.9 cm³/mol. The van der Waals surface area contributed by atoms with E-state index < -0.39 is 0 Å². The Bertz CT molecular complexity index is 291. The van der Waals surface area contributed by atoms with Crippen molar-refractivity contribution in [3.8, 4) is 0 Å². The molecule has 0 spiro atoms. The molecule has 0 bridgehead atoms. The minimum absolute atomic E-state index is 0.107. The summed E-state index contributed by atoms with van der Waals surface area (Å²) in [5.74, 6) is 0.107. The second kappa shape index (κ2) is 4.57. The van der Waals surface area contributed by atoms with Gasteiger partial charge in [0.15, 0.2) is 0 Å². The first-order valence-corrected chi connectivity index (χ1v) is 5.70. The smallest absolute Gasteiger partial charge is 0.246 e. The van der Waals surface area contributed by atoms with Gasteiger partial charge in [0.1, 0.15) is 0 Å². The van der Waals surface area contributed by atoms with Gasteiger partial charge in [-0.1, -0.05) is 6.07 Å². The molecular weight excluding hydrogens is 198 g/mol. The van der Waals surface area contributed by atoms with E-state index in [2.05, 4.69) is 6.07 Å². The van der Waals surface area contributed by atoms with Crippen LogP contribution in [0.1, 0.15) is 17.7 Å². The Kier molecular flexibility index (Phi) is 3.16. The third kappa shape index (κ3) is 2.33. The minimum atomic E-state index is 0.107. The maximum absolute atomic E-state index is 11.5. The summed E-state index contributed by atoms with van der Waals surface area (Å²) < 4.78 is 0. The molecule has 3 nitrogen and oxygen atoms in total. The minimum Gasteiger partial charge on any atom is -0.273 e. The zero-order chi connectivity index (χ0) is 9.80. The summed E-state index contributed by atoms with van der Waals surface area (Å²) in [5, 5.41) is 3.53. The lowest BCUT2D eigenvalue weighted by Gasteiger charge is -2.12. The van der Waals surface area contributed by atoms with Gasteiger partial charge in [0.05, 0.1) is 13.2 Å². The molecule has 0 saturated carbocycles. The van der Waals surface area contributed by atoms with Gasteiger partial charge in [-0.3, -0.25) is 9.63 Å². The standard InChI is InChI=1S/C10H13NO2S/c12-10(11-6-2-7-13-11)5-4-9-3-1-8-14-9/h1,3,8H,2,4-7H2. The number of hydroxylamine groups is 2. The van der Waals surface area contributed by atoms with Gasteiger partial charge in [0.25, 0.3) is 0 Å². The molecule has 1 aliphatic rings. The third-order valence-electron chi connectivity index (χ3n) is 2.20. The van der Waals surface area contributed by atoms with Gasteiger partial charge in [-0.15, -0.1) is 11.3 Å². The fourth-order valence-electron chi connectivity index (χ4n) is 1.45. The first kappa shape index (κ1) is 9.68. The van der Waals surface area contributed by atoms with Gasteiger partial charge in [-0.25, -0.2) is 5.06 Å². The van der Waals surface area contributed by atoms with Crippen LogP contribution < -0.4 is 0 Å². The summed E-state index contributed by atoms with van der Waals surface area (Å²) in [6.45, 7) is 1.44. The molecule has 2 heterocycles. The number of thiophene rings is 1. The van der Waals surface area contributed by atoms with Crippen LogP contribution in [0.4, 0.5) is 0 Å². The number of amides is 1. The fourth-order valence-corrected chi connectivity index (χ4v) is 2.16. The normalized spacial score (nSPS) is 16.1. The average Bonchev–Trinajstić information content (AvgIpc) is 2.87. The molecule has 0 N–H and O–H groups in total. The molecule has 14 heavy (non-hydrogen) atoms. The van der Waals surface area contributed by atoms with Crippen molar-refractivity contribution in [3.63, 3.8) is 0 Å². The molecule has 1 fully saturated rings. The molecule has 76 valence electrons. The number of aryl methyl sites for hydroxylation is 1. The van der Waals surface area contributed by atoms with E-state index in [0.29, 0.717) is 13.0 Å². The highest BCUT2D eigenvalue weighted by Crippen LogP contribution is 2.13. The van der Waals surface area contributed by atoms with E-state index in [9.17, 15) is 4.79 Å². The largest absolute Gasteiger partial charge is 0.273 e. The summed E-state index contributed by atoms with van der Waals surface area (Å²) in [6.07, 6.45) is 2.35. The van der Waals surface area contributed by atoms with Gasteiger partial charge in [-0.2, -0.15) is 0 Å². The molecule has 2 rings (SSSR count). The van der Waals surface area contributed by atoms with E-state index in [0.717, 1.165) is 19.4 Å². The molecule has 1 saturated heterocycles. The molecule has 0 radical (unpaired) electrons. The van der Waals surface area contributed by atoms with Gasteiger partial charge < -0.3 is 0 Å². The van der Waals surface area contributed by atoms with Crippen molar-refractivity contribution in [2.24, 2.45) is 0 Å². The number of carbonyl (C=O) groups is 1. The van der Waals surface area contributed by atoms with Gasteiger partial charge in [0.2, 0.25) is 5.91 Å². The molecule has 0 unspecified atom stereocenters. The van der Waals surface area contributed by atoms with Crippen molar-refractivity contribution >= 4 is 17.2 Å². The molecule has 1 aromatic heterocycles. The van der Waals surface area contributed by atoms with E-state index >= 15 is 0 Å². The Morgan fingerprint density at radius 2 is 2.57 bits per heavy atom. The summed E-state index contributed by atoms with van der Waals surface area (Å²) in [7, 11) is 0. The monoisotopic (exact) mass is 211 g/mol. The van der Waals surface area contributed by atoms with Crippen molar-refractivity contribution in [2.45, 2.75) is 19.3 Å². The maximum atomic E-state index is 11.5. The van der Waals surface area contributed by atoms with Crippen LogP contribution in [0.5, 0.6) is 0 Å². The SMILES string of the molecule is O=C(CCc1cccs1)N1CCCO1. The molecule has 1 amide bonds. The molecule has 1 aromatic rings. The number of rotatable bonds is 3. The summed E-state index contributed by atoms with van der Waals surface area (Å²) in [6, 6.07) is 4.07. The number of carbonyl (C=O) groups excluding carboxylic acids is 1. The van der Waals surface area contributed by atoms with E-state index in [1.807, 2.05) is 11.4 Å². The van der Waals surface area contributed by atoms with E-state index in [1.54, 1.807) is 11.3 Å². The van der Waals surface area contributed by atoms with E-state index in [-0.39, 0.29) is 5.91 Å². The zero-order valence-electron chi connectivity index (χ0n) is 7.94. The Labute approximate surface area is 87.2 Å². The van der Waals surface area contributed by atoms with Crippen molar-refractivity contribution < 1.29 is 9.63 Å². The third-order valence-corrected chi connectivity index (χ3v) is 3.13. The lowest BCUT2D eigenvalue weighted by atomic mass is 10.2. The van der Waals surface area contributed by atoms with Crippen LogP contribution in [0.2, 0.25) is 0 Å². The lowest BCUT2D eigenvalue weighted by molar-refractivity contribution is -0.168. The van der Waals surface area contributed by atoms with Gasteiger partial charge >= 0.3 is 0 Å². The van der Waals surface area contributed by atoms with E-state index in [1.165, 1.54) is 9.94 Å². The fraction of sp³-hybridized carbons (Fsp3) is 0.500. The van der Waals surface area contributed by atoms with Crippen LogP contribution in [0.3, 0.4) is 0 Å². The second-order valence-electron chi connectivity index (χ2n) is 3.26. The highest BCUT2D eigenvalue weighted by Gasteiger charge is 2.18. The summed E-state index contributed by atoms with van der Waals surface area (Å²) in [5.41, 5.74) is 0.